The Labute approximate surface area is 171 Å². The predicted octanol–water partition coefficient (Wildman–Crippen LogP) is 4.27. The van der Waals surface area contributed by atoms with Crippen molar-refractivity contribution in [1.29, 1.82) is 0 Å². The Morgan fingerprint density at radius 2 is 2.07 bits per heavy atom. The molecule has 1 atom stereocenters. The van der Waals surface area contributed by atoms with Crippen molar-refractivity contribution in [2.45, 2.75) is 18.9 Å². The van der Waals surface area contributed by atoms with E-state index in [-0.39, 0.29) is 11.9 Å². The molecule has 1 unspecified atom stereocenters. The van der Waals surface area contributed by atoms with Crippen LogP contribution in [0.15, 0.2) is 63.9 Å². The fourth-order valence-electron chi connectivity index (χ4n) is 4.16. The van der Waals surface area contributed by atoms with Gasteiger partial charge in [-0.1, -0.05) is 23.7 Å². The molecule has 0 radical (unpaired) electrons. The first-order chi connectivity index (χ1) is 14.1. The highest BCUT2D eigenvalue weighted by Gasteiger charge is 2.29. The second kappa shape index (κ2) is 7.04. The molecule has 0 bridgehead atoms. The molecule has 0 N–H and O–H groups in total. The maximum atomic E-state index is 13.3. The predicted molar refractivity (Wildman–Crippen MR) is 111 cm³/mol. The van der Waals surface area contributed by atoms with Gasteiger partial charge in [-0.05, 0) is 49.2 Å². The first-order valence-corrected chi connectivity index (χ1v) is 9.93. The van der Waals surface area contributed by atoms with Crippen molar-refractivity contribution in [3.8, 4) is 0 Å². The third-order valence-electron chi connectivity index (χ3n) is 5.50. The minimum atomic E-state index is -0.420. The molecule has 4 aromatic rings. The van der Waals surface area contributed by atoms with E-state index >= 15 is 0 Å². The Hall–Kier alpha value is -3.12. The maximum absolute atomic E-state index is 13.3. The Bertz CT molecular complexity index is 1290. The molecule has 0 spiro atoms. The third kappa shape index (κ3) is 3.09. The van der Waals surface area contributed by atoms with Gasteiger partial charge in [-0.15, -0.1) is 0 Å². The molecular weight excluding hydrogens is 390 g/mol. The average Bonchev–Trinajstić information content (AvgIpc) is 3.07. The van der Waals surface area contributed by atoms with E-state index in [0.717, 1.165) is 23.7 Å². The lowest BCUT2D eigenvalue weighted by atomic mass is 10.0. The Balaban J connectivity index is 1.50. The molecule has 5 rings (SSSR count). The normalized spacial score (nSPS) is 17.1. The highest BCUT2D eigenvalue weighted by Crippen LogP contribution is 2.28. The number of hydrogen-bond acceptors (Lipinski definition) is 4. The number of halogens is 1. The van der Waals surface area contributed by atoms with Crippen molar-refractivity contribution in [3.63, 3.8) is 0 Å². The lowest BCUT2D eigenvalue weighted by Crippen LogP contribution is -2.42. The van der Waals surface area contributed by atoms with Crippen LogP contribution in [0, 0.1) is 0 Å². The number of benzene rings is 2. The summed E-state index contributed by atoms with van der Waals surface area (Å²) in [5.74, 6) is -0.469. The van der Waals surface area contributed by atoms with Crippen LogP contribution in [-0.2, 0) is 0 Å². The second-order valence-corrected chi connectivity index (χ2v) is 7.71. The van der Waals surface area contributed by atoms with Crippen LogP contribution < -0.4 is 5.76 Å². The average molecular weight is 408 g/mol. The summed E-state index contributed by atoms with van der Waals surface area (Å²) in [5.41, 5.74) is 2.58. The van der Waals surface area contributed by atoms with Crippen molar-refractivity contribution in [1.82, 2.24) is 14.5 Å². The largest absolute Gasteiger partial charge is 0.420 e. The smallest absolute Gasteiger partial charge is 0.408 e. The van der Waals surface area contributed by atoms with E-state index in [0.29, 0.717) is 34.8 Å². The molecule has 3 heterocycles. The van der Waals surface area contributed by atoms with Gasteiger partial charge in [-0.3, -0.25) is 14.3 Å². The minimum absolute atomic E-state index is 0.0489. The van der Waals surface area contributed by atoms with Gasteiger partial charge in [-0.2, -0.15) is 0 Å². The van der Waals surface area contributed by atoms with E-state index in [9.17, 15) is 9.59 Å². The number of amides is 1. The molecular formula is C22H18ClN3O3. The lowest BCUT2D eigenvalue weighted by Gasteiger charge is -2.33. The zero-order valence-corrected chi connectivity index (χ0v) is 16.3. The first-order valence-electron chi connectivity index (χ1n) is 9.55. The summed E-state index contributed by atoms with van der Waals surface area (Å²) < 4.78 is 7.01. The standard InChI is InChI=1S/C22H18ClN3O3/c23-14-8-9-20-19(12-14)26(22(28)29-20)15-4-3-11-25(13-15)21(27)17-5-1-7-18-16(17)6-2-10-24-18/h1-2,5-10,12,15H,3-4,11,13H2. The molecule has 7 heteroatoms. The van der Waals surface area contributed by atoms with Gasteiger partial charge in [0.25, 0.3) is 5.91 Å². The van der Waals surface area contributed by atoms with Gasteiger partial charge in [0.15, 0.2) is 5.58 Å². The first kappa shape index (κ1) is 17.9. The number of likely N-dealkylation sites (tertiary alicyclic amines) is 1. The number of carbonyl (C=O) groups is 1. The molecule has 1 amide bonds. The SMILES string of the molecule is O=C(c1cccc2ncccc12)N1CCCC(n2c(=O)oc3ccc(Cl)cc32)C1. The maximum Gasteiger partial charge on any atom is 0.420 e. The summed E-state index contributed by atoms with van der Waals surface area (Å²) in [6.07, 6.45) is 3.32. The number of aromatic nitrogens is 2. The molecule has 6 nitrogen and oxygen atoms in total. The Morgan fingerprint density at radius 1 is 1.17 bits per heavy atom. The summed E-state index contributed by atoms with van der Waals surface area (Å²) in [6.45, 7) is 1.09. The van der Waals surface area contributed by atoms with Crippen LogP contribution in [0.3, 0.4) is 0 Å². The highest BCUT2D eigenvalue weighted by molar-refractivity contribution is 6.31. The zero-order valence-electron chi connectivity index (χ0n) is 15.5. The van der Waals surface area contributed by atoms with Crippen LogP contribution in [0.1, 0.15) is 29.2 Å². The van der Waals surface area contributed by atoms with Crippen LogP contribution in [0.25, 0.3) is 22.0 Å². The number of pyridine rings is 1. The summed E-state index contributed by atoms with van der Waals surface area (Å²) in [7, 11) is 0. The number of nitrogens with zero attached hydrogens (tertiary/aromatic N) is 3. The molecule has 0 saturated carbocycles. The van der Waals surface area contributed by atoms with Gasteiger partial charge in [0, 0.05) is 35.3 Å². The van der Waals surface area contributed by atoms with Crippen LogP contribution >= 0.6 is 11.6 Å². The van der Waals surface area contributed by atoms with E-state index < -0.39 is 5.76 Å². The Morgan fingerprint density at radius 3 is 2.97 bits per heavy atom. The number of rotatable bonds is 2. The topological polar surface area (TPSA) is 68.3 Å². The summed E-state index contributed by atoms with van der Waals surface area (Å²) in [5, 5.41) is 1.37. The highest BCUT2D eigenvalue weighted by atomic mass is 35.5. The fourth-order valence-corrected chi connectivity index (χ4v) is 4.33. The van der Waals surface area contributed by atoms with Crippen molar-refractivity contribution in [2.75, 3.05) is 13.1 Å². The van der Waals surface area contributed by atoms with Crippen molar-refractivity contribution in [2.24, 2.45) is 0 Å². The van der Waals surface area contributed by atoms with Gasteiger partial charge >= 0.3 is 5.76 Å². The molecule has 146 valence electrons. The van der Waals surface area contributed by atoms with Crippen LogP contribution in [0.2, 0.25) is 5.02 Å². The number of hydrogen-bond donors (Lipinski definition) is 0. The molecule has 1 fully saturated rings. The Kier molecular flexibility index (Phi) is 4.36. The van der Waals surface area contributed by atoms with E-state index in [2.05, 4.69) is 4.98 Å². The third-order valence-corrected chi connectivity index (χ3v) is 5.73. The van der Waals surface area contributed by atoms with E-state index in [1.807, 2.05) is 35.2 Å². The molecule has 0 aliphatic carbocycles. The minimum Gasteiger partial charge on any atom is -0.408 e. The zero-order chi connectivity index (χ0) is 20.0. The van der Waals surface area contributed by atoms with E-state index in [1.54, 1.807) is 29.0 Å². The van der Waals surface area contributed by atoms with Gasteiger partial charge in [0.05, 0.1) is 17.1 Å². The van der Waals surface area contributed by atoms with Crippen molar-refractivity contribution >= 4 is 39.5 Å². The van der Waals surface area contributed by atoms with Gasteiger partial charge in [0.2, 0.25) is 0 Å². The number of piperidine rings is 1. The summed E-state index contributed by atoms with van der Waals surface area (Å²) in [6, 6.07) is 14.3. The number of fused-ring (bicyclic) bond motifs is 2. The lowest BCUT2D eigenvalue weighted by molar-refractivity contribution is 0.0679. The number of oxazole rings is 1. The van der Waals surface area contributed by atoms with Gasteiger partial charge in [-0.25, -0.2) is 4.79 Å². The molecule has 2 aromatic heterocycles. The molecule has 1 saturated heterocycles. The van der Waals surface area contributed by atoms with Crippen molar-refractivity contribution < 1.29 is 9.21 Å². The second-order valence-electron chi connectivity index (χ2n) is 7.27. The molecule has 1 aliphatic rings. The van der Waals surface area contributed by atoms with Crippen LogP contribution in [0.5, 0.6) is 0 Å². The quantitative estimate of drug-likeness (QED) is 0.497. The van der Waals surface area contributed by atoms with E-state index in [1.165, 1.54) is 0 Å². The van der Waals surface area contributed by atoms with Crippen LogP contribution in [-0.4, -0.2) is 33.4 Å². The monoisotopic (exact) mass is 407 g/mol. The van der Waals surface area contributed by atoms with Crippen LogP contribution in [0.4, 0.5) is 0 Å². The summed E-state index contributed by atoms with van der Waals surface area (Å²) >= 11 is 6.13. The molecule has 2 aromatic carbocycles. The molecule has 1 aliphatic heterocycles. The summed E-state index contributed by atoms with van der Waals surface area (Å²) in [4.78, 5) is 32.0. The van der Waals surface area contributed by atoms with Crippen molar-refractivity contribution in [3.05, 3.63) is 75.9 Å². The molecule has 29 heavy (non-hydrogen) atoms. The number of carbonyl (C=O) groups excluding carboxylic acids is 1. The van der Waals surface area contributed by atoms with Gasteiger partial charge < -0.3 is 9.32 Å². The fraction of sp³-hybridized carbons (Fsp3) is 0.227. The van der Waals surface area contributed by atoms with E-state index in [4.69, 9.17) is 16.0 Å². The van der Waals surface area contributed by atoms with Gasteiger partial charge in [0.1, 0.15) is 0 Å².